The van der Waals surface area contributed by atoms with Gasteiger partial charge >= 0.3 is 6.18 Å². The van der Waals surface area contributed by atoms with E-state index in [1.165, 1.54) is 12.1 Å². The summed E-state index contributed by atoms with van der Waals surface area (Å²) < 4.78 is 42.8. The van der Waals surface area contributed by atoms with Crippen LogP contribution in [0.4, 0.5) is 13.2 Å². The van der Waals surface area contributed by atoms with Crippen LogP contribution in [0.5, 0.6) is 5.75 Å². The molecule has 126 valence electrons. The van der Waals surface area contributed by atoms with Crippen molar-refractivity contribution in [3.63, 3.8) is 0 Å². The molecule has 2 aliphatic heterocycles. The van der Waals surface area contributed by atoms with Gasteiger partial charge in [0.15, 0.2) is 6.61 Å². The molecule has 2 fully saturated rings. The van der Waals surface area contributed by atoms with Crippen molar-refractivity contribution in [2.75, 3.05) is 19.7 Å². The second-order valence-electron chi connectivity index (χ2n) is 6.08. The van der Waals surface area contributed by atoms with Gasteiger partial charge in [-0.1, -0.05) is 0 Å². The molecule has 2 bridgehead atoms. The molecule has 4 nitrogen and oxygen atoms in total. The zero-order valence-electron chi connectivity index (χ0n) is 12.6. The van der Waals surface area contributed by atoms with Crippen LogP contribution in [0.1, 0.15) is 24.8 Å². The topological polar surface area (TPSA) is 41.6 Å². The number of fused-ring (bicyclic) bond motifs is 2. The van der Waals surface area contributed by atoms with Gasteiger partial charge in [0.2, 0.25) is 0 Å². The normalized spacial score (nSPS) is 24.4. The van der Waals surface area contributed by atoms with Crippen LogP contribution in [0.3, 0.4) is 0 Å². The van der Waals surface area contributed by atoms with E-state index in [4.69, 9.17) is 4.74 Å². The summed E-state index contributed by atoms with van der Waals surface area (Å²) in [5.41, 5.74) is -0.731. The van der Waals surface area contributed by atoms with Gasteiger partial charge in [-0.25, -0.2) is 0 Å². The van der Waals surface area contributed by atoms with E-state index < -0.39 is 11.7 Å². The molecule has 1 aromatic rings. The highest BCUT2D eigenvalue weighted by Crippen LogP contribution is 2.30. The highest BCUT2D eigenvalue weighted by atomic mass is 19.4. The van der Waals surface area contributed by atoms with E-state index >= 15 is 0 Å². The first-order valence-electron chi connectivity index (χ1n) is 7.76. The van der Waals surface area contributed by atoms with Crippen LogP contribution in [0.25, 0.3) is 0 Å². The molecule has 1 N–H and O–H groups in total. The summed E-state index contributed by atoms with van der Waals surface area (Å²) in [6.45, 7) is 1.22. The zero-order valence-corrected chi connectivity index (χ0v) is 12.6. The molecule has 7 heteroatoms. The Morgan fingerprint density at radius 1 is 1.17 bits per heavy atom. The summed E-state index contributed by atoms with van der Waals surface area (Å²) >= 11 is 0. The number of hydrogen-bond donors (Lipinski definition) is 1. The molecule has 2 atom stereocenters. The molecule has 0 saturated carbocycles. The van der Waals surface area contributed by atoms with Crippen LogP contribution in [-0.2, 0) is 11.0 Å². The van der Waals surface area contributed by atoms with E-state index in [1.54, 1.807) is 4.90 Å². The Balaban J connectivity index is 1.52. The SMILES string of the molecule is O=C(COc1ccc(C(F)(F)F)cc1)N1CCC2CCC(C1)N2. The maximum Gasteiger partial charge on any atom is 0.416 e. The van der Waals surface area contributed by atoms with Gasteiger partial charge in [0.1, 0.15) is 5.75 Å². The van der Waals surface area contributed by atoms with Crippen molar-refractivity contribution >= 4 is 5.91 Å². The summed E-state index contributed by atoms with van der Waals surface area (Å²) in [6.07, 6.45) is -1.20. The minimum Gasteiger partial charge on any atom is -0.484 e. The fourth-order valence-electron chi connectivity index (χ4n) is 3.15. The zero-order chi connectivity index (χ0) is 16.4. The van der Waals surface area contributed by atoms with Gasteiger partial charge in [-0.15, -0.1) is 0 Å². The van der Waals surface area contributed by atoms with Crippen molar-refractivity contribution in [2.45, 2.75) is 37.5 Å². The van der Waals surface area contributed by atoms with E-state index in [0.717, 1.165) is 31.4 Å². The fourth-order valence-corrected chi connectivity index (χ4v) is 3.15. The van der Waals surface area contributed by atoms with Crippen molar-refractivity contribution in [2.24, 2.45) is 0 Å². The number of carbonyl (C=O) groups is 1. The van der Waals surface area contributed by atoms with Crippen LogP contribution in [0.2, 0.25) is 0 Å². The number of halogens is 3. The Bertz CT molecular complexity index is 559. The standard InChI is InChI=1S/C16H19F3N2O2/c17-16(18,19)11-1-5-14(6-2-11)23-10-15(22)21-8-7-12-3-4-13(9-21)20-12/h1-2,5-6,12-13,20H,3-4,7-10H2. The molecule has 2 aliphatic rings. The van der Waals surface area contributed by atoms with Gasteiger partial charge in [0, 0.05) is 25.2 Å². The number of amides is 1. The number of rotatable bonds is 3. The van der Waals surface area contributed by atoms with Crippen molar-refractivity contribution in [1.29, 1.82) is 0 Å². The number of alkyl halides is 3. The first-order valence-corrected chi connectivity index (χ1v) is 7.76. The summed E-state index contributed by atoms with van der Waals surface area (Å²) in [7, 11) is 0. The Kier molecular flexibility index (Phi) is 4.48. The molecule has 2 unspecified atom stereocenters. The summed E-state index contributed by atoms with van der Waals surface area (Å²) in [4.78, 5) is 14.0. The molecule has 1 aromatic carbocycles. The molecule has 0 aliphatic carbocycles. The Hall–Kier alpha value is -1.76. The van der Waals surface area contributed by atoms with Gasteiger partial charge < -0.3 is 15.0 Å². The highest BCUT2D eigenvalue weighted by Gasteiger charge is 2.31. The monoisotopic (exact) mass is 328 g/mol. The van der Waals surface area contributed by atoms with Crippen LogP contribution in [-0.4, -0.2) is 42.6 Å². The quantitative estimate of drug-likeness (QED) is 0.927. The van der Waals surface area contributed by atoms with E-state index in [2.05, 4.69) is 5.32 Å². The van der Waals surface area contributed by atoms with Gasteiger partial charge in [-0.05, 0) is 43.5 Å². The number of benzene rings is 1. The summed E-state index contributed by atoms with van der Waals surface area (Å²) in [5.74, 6) is 0.139. The molecular weight excluding hydrogens is 309 g/mol. The van der Waals surface area contributed by atoms with Gasteiger partial charge in [0.05, 0.1) is 5.56 Å². The number of carbonyl (C=O) groups excluding carboxylic acids is 1. The number of likely N-dealkylation sites (tertiary alicyclic amines) is 1. The fraction of sp³-hybridized carbons (Fsp3) is 0.562. The molecule has 0 radical (unpaired) electrons. The summed E-state index contributed by atoms with van der Waals surface area (Å²) in [5, 5.41) is 3.49. The first kappa shape index (κ1) is 16.1. The molecule has 1 amide bonds. The lowest BCUT2D eigenvalue weighted by Gasteiger charge is -2.24. The van der Waals surface area contributed by atoms with Crippen LogP contribution < -0.4 is 10.1 Å². The van der Waals surface area contributed by atoms with E-state index in [9.17, 15) is 18.0 Å². The van der Waals surface area contributed by atoms with E-state index in [1.807, 2.05) is 0 Å². The largest absolute Gasteiger partial charge is 0.484 e. The summed E-state index contributed by atoms with van der Waals surface area (Å²) in [6, 6.07) is 5.22. The number of hydrogen-bond acceptors (Lipinski definition) is 3. The van der Waals surface area contributed by atoms with Crippen molar-refractivity contribution in [3.05, 3.63) is 29.8 Å². The lowest BCUT2D eigenvalue weighted by molar-refractivity contribution is -0.137. The second kappa shape index (κ2) is 6.39. The van der Waals surface area contributed by atoms with Gasteiger partial charge in [0.25, 0.3) is 5.91 Å². The molecule has 3 rings (SSSR count). The van der Waals surface area contributed by atoms with Crippen LogP contribution >= 0.6 is 0 Å². The van der Waals surface area contributed by atoms with Crippen molar-refractivity contribution in [1.82, 2.24) is 10.2 Å². The molecule has 2 saturated heterocycles. The van der Waals surface area contributed by atoms with Crippen molar-refractivity contribution in [3.8, 4) is 5.75 Å². The Labute approximate surface area is 132 Å². The smallest absolute Gasteiger partial charge is 0.416 e. The molecule has 0 aromatic heterocycles. The third-order valence-electron chi connectivity index (χ3n) is 4.42. The predicted molar refractivity (Wildman–Crippen MR) is 78.1 cm³/mol. The number of ether oxygens (including phenoxy) is 1. The minimum atomic E-state index is -4.37. The van der Waals surface area contributed by atoms with Gasteiger partial charge in [-0.3, -0.25) is 4.79 Å². The maximum atomic E-state index is 12.5. The molecule has 0 spiro atoms. The molecular formula is C16H19F3N2O2. The first-order chi connectivity index (χ1) is 10.9. The maximum absolute atomic E-state index is 12.5. The van der Waals surface area contributed by atoms with Crippen LogP contribution in [0, 0.1) is 0 Å². The number of nitrogens with zero attached hydrogens (tertiary/aromatic N) is 1. The Morgan fingerprint density at radius 3 is 2.57 bits per heavy atom. The van der Waals surface area contributed by atoms with E-state index in [-0.39, 0.29) is 18.3 Å². The molecule has 23 heavy (non-hydrogen) atoms. The predicted octanol–water partition coefficient (Wildman–Crippen LogP) is 2.44. The molecule has 2 heterocycles. The average molecular weight is 328 g/mol. The Morgan fingerprint density at radius 2 is 1.87 bits per heavy atom. The number of nitrogens with one attached hydrogen (secondary N) is 1. The minimum absolute atomic E-state index is 0.126. The van der Waals surface area contributed by atoms with Crippen LogP contribution in [0.15, 0.2) is 24.3 Å². The highest BCUT2D eigenvalue weighted by molar-refractivity contribution is 5.77. The average Bonchev–Trinajstić information content (AvgIpc) is 2.83. The lowest BCUT2D eigenvalue weighted by Crippen LogP contribution is -2.41. The van der Waals surface area contributed by atoms with Crippen molar-refractivity contribution < 1.29 is 22.7 Å². The van der Waals surface area contributed by atoms with Gasteiger partial charge in [-0.2, -0.15) is 13.2 Å². The third-order valence-corrected chi connectivity index (χ3v) is 4.42. The lowest BCUT2D eigenvalue weighted by atomic mass is 10.1. The van der Waals surface area contributed by atoms with E-state index in [0.29, 0.717) is 25.2 Å². The second-order valence-corrected chi connectivity index (χ2v) is 6.08. The third kappa shape index (κ3) is 3.96.